The van der Waals surface area contributed by atoms with E-state index in [4.69, 9.17) is 5.73 Å². The molecule has 0 spiro atoms. The summed E-state index contributed by atoms with van der Waals surface area (Å²) in [5.41, 5.74) is 7.21. The first-order valence-corrected chi connectivity index (χ1v) is 8.00. The first-order chi connectivity index (χ1) is 10.1. The van der Waals surface area contributed by atoms with E-state index in [1.165, 1.54) is 11.3 Å². The zero-order chi connectivity index (χ0) is 15.4. The van der Waals surface area contributed by atoms with Gasteiger partial charge in [0, 0.05) is 18.8 Å². The number of anilines is 1. The number of nitrogen functional groups attached to an aromatic ring is 1. The molecular formula is C15H21N3O2S. The van der Waals surface area contributed by atoms with E-state index in [9.17, 15) is 9.90 Å². The van der Waals surface area contributed by atoms with Crippen LogP contribution in [0.4, 0.5) is 5.69 Å². The summed E-state index contributed by atoms with van der Waals surface area (Å²) < 4.78 is 0.909. The number of aliphatic hydroxyl groups is 1. The number of carbonyl (C=O) groups is 1. The lowest BCUT2D eigenvalue weighted by Gasteiger charge is -2.29. The van der Waals surface area contributed by atoms with Crippen LogP contribution in [0.2, 0.25) is 0 Å². The average Bonchev–Trinajstić information content (AvgIpc) is 2.84. The van der Waals surface area contributed by atoms with Crippen LogP contribution in [0.1, 0.15) is 36.4 Å². The molecule has 0 saturated heterocycles. The molecule has 21 heavy (non-hydrogen) atoms. The van der Waals surface area contributed by atoms with Crippen molar-refractivity contribution in [3.63, 3.8) is 0 Å². The Hall–Kier alpha value is -1.66. The Morgan fingerprint density at radius 1 is 1.48 bits per heavy atom. The molecule has 2 rings (SSSR count). The minimum Gasteiger partial charge on any atom is -0.396 e. The van der Waals surface area contributed by atoms with Gasteiger partial charge in [-0.1, -0.05) is 13.8 Å². The lowest BCUT2D eigenvalue weighted by atomic mass is 10.1. The Bertz CT molecular complexity index is 622. The third-order valence-corrected chi connectivity index (χ3v) is 4.81. The van der Waals surface area contributed by atoms with E-state index in [1.54, 1.807) is 11.1 Å². The van der Waals surface area contributed by atoms with Crippen molar-refractivity contribution in [2.45, 2.75) is 32.7 Å². The number of nitrogens with zero attached hydrogens (tertiary/aromatic N) is 2. The first kappa shape index (κ1) is 15.7. The first-order valence-electron chi connectivity index (χ1n) is 7.18. The molecule has 114 valence electrons. The summed E-state index contributed by atoms with van der Waals surface area (Å²) in [7, 11) is 0. The maximum Gasteiger partial charge on any atom is 0.266 e. The van der Waals surface area contributed by atoms with Gasteiger partial charge < -0.3 is 15.7 Å². The summed E-state index contributed by atoms with van der Waals surface area (Å²) in [6, 6.07) is 3.86. The second kappa shape index (κ2) is 6.87. The SMILES string of the molecule is CCC(CC)N(CCO)C(=O)c1sc2cccnc2c1N. The number of pyridine rings is 1. The van der Waals surface area contributed by atoms with Gasteiger partial charge in [0.25, 0.3) is 5.91 Å². The van der Waals surface area contributed by atoms with E-state index >= 15 is 0 Å². The third kappa shape index (κ3) is 3.01. The molecule has 2 aromatic heterocycles. The van der Waals surface area contributed by atoms with E-state index in [0.29, 0.717) is 22.6 Å². The monoisotopic (exact) mass is 307 g/mol. The van der Waals surface area contributed by atoms with Gasteiger partial charge in [-0.05, 0) is 25.0 Å². The highest BCUT2D eigenvalue weighted by Crippen LogP contribution is 2.33. The molecule has 0 bridgehead atoms. The van der Waals surface area contributed by atoms with Crippen molar-refractivity contribution < 1.29 is 9.90 Å². The molecule has 0 fully saturated rings. The van der Waals surface area contributed by atoms with Crippen LogP contribution in [0.3, 0.4) is 0 Å². The number of aliphatic hydroxyl groups excluding tert-OH is 1. The highest BCUT2D eigenvalue weighted by Gasteiger charge is 2.26. The Balaban J connectivity index is 2.40. The number of hydrogen-bond acceptors (Lipinski definition) is 5. The molecule has 5 nitrogen and oxygen atoms in total. The number of nitrogens with two attached hydrogens (primary N) is 1. The number of carbonyl (C=O) groups excluding carboxylic acids is 1. The molecule has 0 unspecified atom stereocenters. The molecule has 0 aliphatic carbocycles. The van der Waals surface area contributed by atoms with Crippen molar-refractivity contribution in [1.29, 1.82) is 0 Å². The molecule has 0 aliphatic rings. The maximum absolute atomic E-state index is 12.8. The number of rotatable bonds is 6. The van der Waals surface area contributed by atoms with Gasteiger partial charge in [-0.2, -0.15) is 0 Å². The maximum atomic E-state index is 12.8. The van der Waals surface area contributed by atoms with Crippen molar-refractivity contribution in [1.82, 2.24) is 9.88 Å². The summed E-state index contributed by atoms with van der Waals surface area (Å²) in [6.45, 7) is 4.36. The molecule has 2 aromatic rings. The second-order valence-corrected chi connectivity index (χ2v) is 5.94. The van der Waals surface area contributed by atoms with Gasteiger partial charge in [-0.25, -0.2) is 0 Å². The van der Waals surface area contributed by atoms with E-state index < -0.39 is 0 Å². The van der Waals surface area contributed by atoms with Gasteiger partial charge in [0.2, 0.25) is 0 Å². The van der Waals surface area contributed by atoms with E-state index in [0.717, 1.165) is 17.5 Å². The Morgan fingerprint density at radius 2 is 2.19 bits per heavy atom. The Labute approximate surface area is 128 Å². The fraction of sp³-hybridized carbons (Fsp3) is 0.467. The summed E-state index contributed by atoms with van der Waals surface area (Å²) >= 11 is 1.36. The number of fused-ring (bicyclic) bond motifs is 1. The van der Waals surface area contributed by atoms with Crippen LogP contribution in [-0.4, -0.2) is 40.1 Å². The normalized spacial score (nSPS) is 11.2. The highest BCUT2D eigenvalue weighted by molar-refractivity contribution is 7.21. The van der Waals surface area contributed by atoms with Gasteiger partial charge in [0.1, 0.15) is 10.4 Å². The molecule has 0 radical (unpaired) electrons. The number of hydrogen-bond donors (Lipinski definition) is 2. The van der Waals surface area contributed by atoms with Crippen LogP contribution in [0.15, 0.2) is 18.3 Å². The fourth-order valence-electron chi connectivity index (χ4n) is 2.52. The molecule has 1 amide bonds. The topological polar surface area (TPSA) is 79.5 Å². The molecule has 0 atom stereocenters. The van der Waals surface area contributed by atoms with Crippen LogP contribution in [0.25, 0.3) is 10.2 Å². The lowest BCUT2D eigenvalue weighted by molar-refractivity contribution is 0.0628. The van der Waals surface area contributed by atoms with E-state index in [1.807, 2.05) is 26.0 Å². The zero-order valence-electron chi connectivity index (χ0n) is 12.4. The Kier molecular flexibility index (Phi) is 5.14. The average molecular weight is 307 g/mol. The van der Waals surface area contributed by atoms with Crippen LogP contribution in [0, 0.1) is 0 Å². The van der Waals surface area contributed by atoms with Gasteiger partial charge >= 0.3 is 0 Å². The number of aromatic nitrogens is 1. The quantitative estimate of drug-likeness (QED) is 0.859. The summed E-state index contributed by atoms with van der Waals surface area (Å²) in [4.78, 5) is 19.3. The second-order valence-electron chi connectivity index (χ2n) is 4.89. The molecule has 0 aromatic carbocycles. The van der Waals surface area contributed by atoms with Crippen LogP contribution in [-0.2, 0) is 0 Å². The minimum atomic E-state index is -0.113. The van der Waals surface area contributed by atoms with Crippen LogP contribution in [0.5, 0.6) is 0 Å². The molecule has 6 heteroatoms. The molecule has 0 saturated carbocycles. The van der Waals surface area contributed by atoms with Crippen LogP contribution >= 0.6 is 11.3 Å². The predicted molar refractivity (Wildman–Crippen MR) is 86.5 cm³/mol. The van der Waals surface area contributed by atoms with Crippen LogP contribution < -0.4 is 5.73 Å². The van der Waals surface area contributed by atoms with Crippen molar-refractivity contribution in [2.75, 3.05) is 18.9 Å². The van der Waals surface area contributed by atoms with Gasteiger partial charge in [0.05, 0.1) is 17.0 Å². The predicted octanol–water partition coefficient (Wildman–Crippen LogP) is 2.50. The van der Waals surface area contributed by atoms with E-state index in [2.05, 4.69) is 4.98 Å². The molecular weight excluding hydrogens is 286 g/mol. The zero-order valence-corrected chi connectivity index (χ0v) is 13.2. The summed E-state index contributed by atoms with van der Waals surface area (Å²) in [5.74, 6) is -0.113. The van der Waals surface area contributed by atoms with Crippen molar-refractivity contribution in [3.8, 4) is 0 Å². The van der Waals surface area contributed by atoms with Crippen molar-refractivity contribution >= 4 is 33.1 Å². The van der Waals surface area contributed by atoms with Crippen molar-refractivity contribution in [2.24, 2.45) is 0 Å². The van der Waals surface area contributed by atoms with Gasteiger partial charge in [-0.3, -0.25) is 9.78 Å². The minimum absolute atomic E-state index is 0.0503. The molecule has 0 aliphatic heterocycles. The summed E-state index contributed by atoms with van der Waals surface area (Å²) in [6.07, 6.45) is 3.38. The lowest BCUT2D eigenvalue weighted by Crippen LogP contribution is -2.41. The smallest absolute Gasteiger partial charge is 0.266 e. The van der Waals surface area contributed by atoms with E-state index in [-0.39, 0.29) is 18.6 Å². The number of amides is 1. The summed E-state index contributed by atoms with van der Waals surface area (Å²) in [5, 5.41) is 9.25. The fourth-order valence-corrected chi connectivity index (χ4v) is 3.56. The molecule has 3 N–H and O–H groups in total. The third-order valence-electron chi connectivity index (χ3n) is 3.66. The number of thiophene rings is 1. The standard InChI is InChI=1S/C15H21N3O2S/c1-3-10(4-2)18(8-9-19)15(20)14-12(16)13-11(21-14)6-5-7-17-13/h5-7,10,19H,3-4,8-9,16H2,1-2H3. The van der Waals surface area contributed by atoms with Gasteiger partial charge in [-0.15, -0.1) is 11.3 Å². The largest absolute Gasteiger partial charge is 0.396 e. The highest BCUT2D eigenvalue weighted by atomic mass is 32.1. The molecule has 2 heterocycles. The van der Waals surface area contributed by atoms with Crippen molar-refractivity contribution in [3.05, 3.63) is 23.2 Å². The Morgan fingerprint density at radius 3 is 2.76 bits per heavy atom. The van der Waals surface area contributed by atoms with Gasteiger partial charge in [0.15, 0.2) is 0 Å².